The van der Waals surface area contributed by atoms with Gasteiger partial charge in [-0.25, -0.2) is 4.79 Å². The van der Waals surface area contributed by atoms with Crippen molar-refractivity contribution in [3.05, 3.63) is 0 Å². The number of ether oxygens (including phenoxy) is 1. The summed E-state index contributed by atoms with van der Waals surface area (Å²) in [5.74, 6) is -0.341. The third-order valence-electron chi connectivity index (χ3n) is 2.49. The summed E-state index contributed by atoms with van der Waals surface area (Å²) in [7, 11) is 1.24. The Labute approximate surface area is 108 Å². The van der Waals surface area contributed by atoms with Crippen LogP contribution < -0.4 is 5.32 Å². The normalized spacial score (nSPS) is 11.8. The quantitative estimate of drug-likeness (QED) is 0.685. The molecule has 2 amide bonds. The molecular formula is C12H22N2O4. The number of carbonyl (C=O) groups is 3. The van der Waals surface area contributed by atoms with E-state index in [1.165, 1.54) is 12.0 Å². The molecule has 0 saturated heterocycles. The Hall–Kier alpha value is -1.59. The molecule has 1 unspecified atom stereocenters. The van der Waals surface area contributed by atoms with E-state index < -0.39 is 12.1 Å². The predicted molar refractivity (Wildman–Crippen MR) is 67.1 cm³/mol. The molecule has 18 heavy (non-hydrogen) atoms. The molecule has 0 bridgehead atoms. The smallest absolute Gasteiger partial charge is 0.407 e. The molecule has 0 heterocycles. The number of rotatable bonds is 7. The summed E-state index contributed by atoms with van der Waals surface area (Å²) >= 11 is 0. The van der Waals surface area contributed by atoms with Crippen molar-refractivity contribution in [3.8, 4) is 0 Å². The van der Waals surface area contributed by atoms with Crippen molar-refractivity contribution in [2.45, 2.75) is 33.2 Å². The van der Waals surface area contributed by atoms with Crippen LogP contribution in [0.5, 0.6) is 0 Å². The third-order valence-corrected chi connectivity index (χ3v) is 2.49. The highest BCUT2D eigenvalue weighted by Crippen LogP contribution is 2.07. The first kappa shape index (κ1) is 16.4. The zero-order chi connectivity index (χ0) is 14.1. The van der Waals surface area contributed by atoms with Crippen LogP contribution in [0.2, 0.25) is 0 Å². The van der Waals surface area contributed by atoms with E-state index in [1.807, 2.05) is 20.8 Å². The molecule has 6 nitrogen and oxygen atoms in total. The van der Waals surface area contributed by atoms with Gasteiger partial charge in [0, 0.05) is 6.54 Å². The number of methoxy groups -OCH3 is 1. The number of nitrogens with one attached hydrogen (secondary N) is 1. The Balaban J connectivity index is 4.80. The number of hydrogen-bond donors (Lipinski definition) is 1. The molecule has 6 heteroatoms. The summed E-state index contributed by atoms with van der Waals surface area (Å²) in [4.78, 5) is 35.4. The lowest BCUT2D eigenvalue weighted by molar-refractivity contribution is -0.136. The Morgan fingerprint density at radius 2 is 2.00 bits per heavy atom. The molecule has 0 spiro atoms. The Bertz CT molecular complexity index is 292. The summed E-state index contributed by atoms with van der Waals surface area (Å²) in [6.07, 6.45) is 0.788. The van der Waals surface area contributed by atoms with Crippen molar-refractivity contribution in [2.75, 3.05) is 20.2 Å². The maximum atomic E-state index is 12.2. The minimum absolute atomic E-state index is 0.0404. The van der Waals surface area contributed by atoms with E-state index in [2.05, 4.69) is 10.1 Å². The van der Waals surface area contributed by atoms with Gasteiger partial charge >= 0.3 is 6.09 Å². The van der Waals surface area contributed by atoms with Crippen LogP contribution in [0, 0.1) is 5.92 Å². The van der Waals surface area contributed by atoms with Crippen molar-refractivity contribution in [3.63, 3.8) is 0 Å². The van der Waals surface area contributed by atoms with Crippen molar-refractivity contribution in [1.29, 1.82) is 0 Å². The lowest BCUT2D eigenvalue weighted by Gasteiger charge is -2.27. The highest BCUT2D eigenvalue weighted by Gasteiger charge is 2.28. The molecule has 0 aromatic carbocycles. The minimum Gasteiger partial charge on any atom is -0.453 e. The van der Waals surface area contributed by atoms with Gasteiger partial charge in [0.1, 0.15) is 12.3 Å². The number of amides is 2. The SMILES string of the molecule is CCCN(CC=O)C(=O)C(NC(=O)OC)C(C)C. The number of hydrogen-bond acceptors (Lipinski definition) is 4. The van der Waals surface area contributed by atoms with Crippen molar-refractivity contribution in [1.82, 2.24) is 10.2 Å². The zero-order valence-electron chi connectivity index (χ0n) is 11.4. The van der Waals surface area contributed by atoms with Crippen LogP contribution >= 0.6 is 0 Å². The summed E-state index contributed by atoms with van der Waals surface area (Å²) in [6, 6.07) is -0.677. The highest BCUT2D eigenvalue weighted by atomic mass is 16.5. The molecular weight excluding hydrogens is 236 g/mol. The van der Waals surface area contributed by atoms with Gasteiger partial charge in [-0.1, -0.05) is 20.8 Å². The second-order valence-electron chi connectivity index (χ2n) is 4.31. The van der Waals surface area contributed by atoms with Crippen LogP contribution in [0.1, 0.15) is 27.2 Å². The van der Waals surface area contributed by atoms with E-state index >= 15 is 0 Å². The summed E-state index contributed by atoms with van der Waals surface area (Å²) in [5, 5.41) is 2.49. The molecule has 0 saturated carbocycles. The van der Waals surface area contributed by atoms with E-state index in [1.54, 1.807) is 0 Å². The Kier molecular flexibility index (Phi) is 7.74. The Morgan fingerprint density at radius 3 is 2.39 bits per heavy atom. The fourth-order valence-corrected chi connectivity index (χ4v) is 1.55. The second kappa shape index (κ2) is 8.49. The fourth-order valence-electron chi connectivity index (χ4n) is 1.55. The average Bonchev–Trinajstić information content (AvgIpc) is 2.34. The van der Waals surface area contributed by atoms with Crippen LogP contribution in [0.25, 0.3) is 0 Å². The topological polar surface area (TPSA) is 75.7 Å². The van der Waals surface area contributed by atoms with Gasteiger partial charge < -0.3 is 19.7 Å². The molecule has 0 aromatic rings. The van der Waals surface area contributed by atoms with Gasteiger partial charge in [-0.2, -0.15) is 0 Å². The monoisotopic (exact) mass is 258 g/mol. The van der Waals surface area contributed by atoms with Crippen molar-refractivity contribution < 1.29 is 19.1 Å². The van der Waals surface area contributed by atoms with Gasteiger partial charge in [0.2, 0.25) is 5.91 Å². The van der Waals surface area contributed by atoms with Gasteiger partial charge in [-0.05, 0) is 12.3 Å². The van der Waals surface area contributed by atoms with Gasteiger partial charge in [0.15, 0.2) is 0 Å². The first-order valence-corrected chi connectivity index (χ1v) is 6.04. The Morgan fingerprint density at radius 1 is 1.39 bits per heavy atom. The van der Waals surface area contributed by atoms with Crippen molar-refractivity contribution >= 4 is 18.3 Å². The van der Waals surface area contributed by atoms with E-state index in [9.17, 15) is 14.4 Å². The highest BCUT2D eigenvalue weighted by molar-refractivity contribution is 5.87. The molecule has 0 radical (unpaired) electrons. The lowest BCUT2D eigenvalue weighted by atomic mass is 10.0. The maximum absolute atomic E-state index is 12.2. The van der Waals surface area contributed by atoms with E-state index in [4.69, 9.17) is 0 Å². The molecule has 0 aliphatic rings. The molecule has 0 aliphatic heterocycles. The maximum Gasteiger partial charge on any atom is 0.407 e. The number of nitrogens with zero attached hydrogens (tertiary/aromatic N) is 1. The molecule has 0 rings (SSSR count). The van der Waals surface area contributed by atoms with Gasteiger partial charge in [-0.15, -0.1) is 0 Å². The van der Waals surface area contributed by atoms with Crippen LogP contribution in [0.15, 0.2) is 0 Å². The zero-order valence-corrected chi connectivity index (χ0v) is 11.4. The fraction of sp³-hybridized carbons (Fsp3) is 0.750. The second-order valence-corrected chi connectivity index (χ2v) is 4.31. The minimum atomic E-state index is -0.677. The lowest BCUT2D eigenvalue weighted by Crippen LogP contribution is -2.51. The molecule has 0 aromatic heterocycles. The number of aldehydes is 1. The standard InChI is InChI=1S/C12H22N2O4/c1-5-6-14(7-8-15)11(16)10(9(2)3)13-12(17)18-4/h8-10H,5-7H2,1-4H3,(H,13,17). The van der Waals surface area contributed by atoms with Gasteiger partial charge in [-0.3, -0.25) is 4.79 Å². The van der Waals surface area contributed by atoms with Gasteiger partial charge in [0.25, 0.3) is 0 Å². The largest absolute Gasteiger partial charge is 0.453 e. The van der Waals surface area contributed by atoms with Gasteiger partial charge in [0.05, 0.1) is 13.7 Å². The summed E-state index contributed by atoms with van der Waals surface area (Å²) in [6.45, 7) is 6.10. The number of alkyl carbamates (subject to hydrolysis) is 1. The molecule has 1 atom stereocenters. The van der Waals surface area contributed by atoms with Crippen LogP contribution in [-0.4, -0.2) is 49.4 Å². The van der Waals surface area contributed by atoms with Crippen LogP contribution in [0.4, 0.5) is 4.79 Å². The predicted octanol–water partition coefficient (Wildman–Crippen LogP) is 0.804. The molecule has 1 N–H and O–H groups in total. The van der Waals surface area contributed by atoms with Crippen LogP contribution in [-0.2, 0) is 14.3 Å². The van der Waals surface area contributed by atoms with E-state index in [0.717, 1.165) is 6.42 Å². The average molecular weight is 258 g/mol. The van der Waals surface area contributed by atoms with E-state index in [0.29, 0.717) is 12.8 Å². The first-order chi connectivity index (χ1) is 8.47. The summed E-state index contributed by atoms with van der Waals surface area (Å²) < 4.78 is 4.49. The van der Waals surface area contributed by atoms with Crippen LogP contribution in [0.3, 0.4) is 0 Å². The number of carbonyl (C=O) groups excluding carboxylic acids is 3. The van der Waals surface area contributed by atoms with E-state index in [-0.39, 0.29) is 18.4 Å². The third kappa shape index (κ3) is 5.16. The molecule has 104 valence electrons. The molecule has 0 fully saturated rings. The molecule has 0 aliphatic carbocycles. The summed E-state index contributed by atoms with van der Waals surface area (Å²) in [5.41, 5.74) is 0. The van der Waals surface area contributed by atoms with Crippen molar-refractivity contribution in [2.24, 2.45) is 5.92 Å². The first-order valence-electron chi connectivity index (χ1n) is 6.04.